The summed E-state index contributed by atoms with van der Waals surface area (Å²) in [4.78, 5) is 18.4. The van der Waals surface area contributed by atoms with Crippen LogP contribution in [0, 0.1) is 0 Å². The summed E-state index contributed by atoms with van der Waals surface area (Å²) >= 11 is 7.30. The van der Waals surface area contributed by atoms with Gasteiger partial charge in [-0.05, 0) is 73.2 Å². The third kappa shape index (κ3) is 5.21. The maximum Gasteiger partial charge on any atom is 0.291 e. The van der Waals surface area contributed by atoms with Gasteiger partial charge in [-0.15, -0.1) is 5.10 Å². The molecule has 7 nitrogen and oxygen atoms in total. The minimum atomic E-state index is -0.221. The van der Waals surface area contributed by atoms with E-state index in [-0.39, 0.29) is 5.56 Å². The Kier molecular flexibility index (Phi) is 6.96. The molecule has 0 aliphatic rings. The molecular weight excluding hydrogens is 530 g/mol. The average Bonchev–Trinajstić information content (AvgIpc) is 3.65. The minimum absolute atomic E-state index is 0.221. The SMILES string of the molecule is CCCCOc1ccc(-c2nn(-c3ccccc3)cc2/C=c2/sc3nc(-c4ccc(Cl)cc4)nn3c2=O)cc1. The van der Waals surface area contributed by atoms with E-state index in [4.69, 9.17) is 21.4 Å². The van der Waals surface area contributed by atoms with Crippen molar-refractivity contribution >= 4 is 34.0 Å². The number of hydrogen-bond acceptors (Lipinski definition) is 6. The number of halogens is 1. The maximum absolute atomic E-state index is 13.3. The van der Waals surface area contributed by atoms with Gasteiger partial charge in [0.15, 0.2) is 5.82 Å². The standard InChI is InChI=1S/C30H24ClN5O2S/c1-2-3-17-38-25-15-11-20(12-16-25)27-22(19-35(33-27)24-7-5-4-6-8-24)18-26-29(37)36-30(39-26)32-28(34-36)21-9-13-23(31)14-10-21/h4-16,18-19H,2-3,17H2,1H3/b26-18+. The molecule has 0 aliphatic carbocycles. The number of aromatic nitrogens is 5. The summed E-state index contributed by atoms with van der Waals surface area (Å²) in [5.41, 5.74) is 4.01. The Morgan fingerprint density at radius 2 is 1.69 bits per heavy atom. The maximum atomic E-state index is 13.3. The smallest absolute Gasteiger partial charge is 0.291 e. The van der Waals surface area contributed by atoms with Crippen molar-refractivity contribution < 1.29 is 4.74 Å². The summed E-state index contributed by atoms with van der Waals surface area (Å²) in [6, 6.07) is 25.0. The van der Waals surface area contributed by atoms with Crippen LogP contribution < -0.4 is 14.8 Å². The van der Waals surface area contributed by atoms with Crippen LogP contribution in [0.25, 0.3) is 39.4 Å². The number of fused-ring (bicyclic) bond motifs is 1. The van der Waals surface area contributed by atoms with Crippen LogP contribution in [0.3, 0.4) is 0 Å². The van der Waals surface area contributed by atoms with E-state index >= 15 is 0 Å². The van der Waals surface area contributed by atoms with Gasteiger partial charge in [-0.25, -0.2) is 4.68 Å². The summed E-state index contributed by atoms with van der Waals surface area (Å²) in [5, 5.41) is 9.97. The van der Waals surface area contributed by atoms with Crippen LogP contribution in [-0.4, -0.2) is 31.0 Å². The van der Waals surface area contributed by atoms with Gasteiger partial charge < -0.3 is 4.74 Å². The molecule has 0 atom stereocenters. The average molecular weight is 554 g/mol. The van der Waals surface area contributed by atoms with Crippen molar-refractivity contribution in [2.45, 2.75) is 19.8 Å². The molecule has 0 fully saturated rings. The number of para-hydroxylation sites is 1. The van der Waals surface area contributed by atoms with Gasteiger partial charge in [0.05, 0.1) is 16.8 Å². The van der Waals surface area contributed by atoms with Gasteiger partial charge in [0.2, 0.25) is 4.96 Å². The summed E-state index contributed by atoms with van der Waals surface area (Å²) in [5.74, 6) is 1.31. The van der Waals surface area contributed by atoms with E-state index in [1.165, 1.54) is 15.9 Å². The molecule has 6 aromatic rings. The third-order valence-electron chi connectivity index (χ3n) is 6.23. The second-order valence-corrected chi connectivity index (χ2v) is 10.4. The minimum Gasteiger partial charge on any atom is -0.494 e. The zero-order chi connectivity index (χ0) is 26.8. The van der Waals surface area contributed by atoms with Crippen molar-refractivity contribution in [1.82, 2.24) is 24.4 Å². The van der Waals surface area contributed by atoms with Crippen LogP contribution in [0.1, 0.15) is 25.3 Å². The van der Waals surface area contributed by atoms with Gasteiger partial charge in [0, 0.05) is 27.9 Å². The number of thiazole rings is 1. The molecule has 39 heavy (non-hydrogen) atoms. The molecule has 194 valence electrons. The van der Waals surface area contributed by atoms with Gasteiger partial charge in [-0.3, -0.25) is 4.79 Å². The number of hydrogen-bond donors (Lipinski definition) is 0. The van der Waals surface area contributed by atoms with Gasteiger partial charge in [-0.1, -0.05) is 54.5 Å². The fourth-order valence-electron chi connectivity index (χ4n) is 4.17. The first kappa shape index (κ1) is 25.0. The van der Waals surface area contributed by atoms with E-state index in [0.717, 1.165) is 46.7 Å². The Bertz CT molecular complexity index is 1840. The molecule has 0 amide bonds. The summed E-state index contributed by atoms with van der Waals surface area (Å²) in [6.07, 6.45) is 5.89. The van der Waals surface area contributed by atoms with Gasteiger partial charge in [0.25, 0.3) is 5.56 Å². The topological polar surface area (TPSA) is 74.3 Å². The zero-order valence-electron chi connectivity index (χ0n) is 21.1. The first-order valence-corrected chi connectivity index (χ1v) is 13.8. The number of ether oxygens (including phenoxy) is 1. The van der Waals surface area contributed by atoms with Crippen molar-refractivity contribution in [2.75, 3.05) is 6.61 Å². The van der Waals surface area contributed by atoms with E-state index in [2.05, 4.69) is 17.0 Å². The van der Waals surface area contributed by atoms with Crippen LogP contribution in [0.15, 0.2) is 89.9 Å². The van der Waals surface area contributed by atoms with Crippen molar-refractivity contribution in [3.05, 3.63) is 111 Å². The van der Waals surface area contributed by atoms with Gasteiger partial charge in [-0.2, -0.15) is 14.6 Å². The largest absolute Gasteiger partial charge is 0.494 e. The molecule has 0 spiro atoms. The molecular formula is C30H24ClN5O2S. The molecule has 0 aliphatic heterocycles. The highest BCUT2D eigenvalue weighted by Crippen LogP contribution is 2.27. The van der Waals surface area contributed by atoms with Crippen molar-refractivity contribution in [1.29, 1.82) is 0 Å². The number of rotatable bonds is 8. The van der Waals surface area contributed by atoms with E-state index in [0.29, 0.717) is 26.9 Å². The van der Waals surface area contributed by atoms with Crippen LogP contribution in [0.5, 0.6) is 5.75 Å². The predicted octanol–water partition coefficient (Wildman–Crippen LogP) is 6.05. The number of nitrogens with zero attached hydrogens (tertiary/aromatic N) is 5. The molecule has 0 bridgehead atoms. The first-order chi connectivity index (χ1) is 19.1. The lowest BCUT2D eigenvalue weighted by Gasteiger charge is -2.06. The van der Waals surface area contributed by atoms with E-state index < -0.39 is 0 Å². The molecule has 0 saturated heterocycles. The Morgan fingerprint density at radius 3 is 2.41 bits per heavy atom. The first-order valence-electron chi connectivity index (χ1n) is 12.6. The van der Waals surface area contributed by atoms with E-state index in [1.54, 1.807) is 12.1 Å². The van der Waals surface area contributed by atoms with E-state index in [9.17, 15) is 4.79 Å². The lowest BCUT2D eigenvalue weighted by molar-refractivity contribution is 0.309. The van der Waals surface area contributed by atoms with Gasteiger partial charge >= 0.3 is 0 Å². The molecule has 0 saturated carbocycles. The monoisotopic (exact) mass is 553 g/mol. The zero-order valence-corrected chi connectivity index (χ0v) is 22.7. The molecule has 3 heterocycles. The highest BCUT2D eigenvalue weighted by atomic mass is 35.5. The number of unbranched alkanes of at least 4 members (excludes halogenated alkanes) is 1. The Labute approximate surface area is 233 Å². The van der Waals surface area contributed by atoms with Crippen molar-refractivity contribution in [3.8, 4) is 34.1 Å². The van der Waals surface area contributed by atoms with Crippen molar-refractivity contribution in [3.63, 3.8) is 0 Å². The fourth-order valence-corrected chi connectivity index (χ4v) is 5.19. The highest BCUT2D eigenvalue weighted by Gasteiger charge is 2.15. The highest BCUT2D eigenvalue weighted by molar-refractivity contribution is 7.15. The fraction of sp³-hybridized carbons (Fsp3) is 0.133. The normalized spacial score (nSPS) is 11.9. The molecule has 0 N–H and O–H groups in total. The second-order valence-electron chi connectivity index (χ2n) is 8.99. The Morgan fingerprint density at radius 1 is 0.949 bits per heavy atom. The molecule has 3 aromatic heterocycles. The van der Waals surface area contributed by atoms with Crippen LogP contribution in [0.4, 0.5) is 0 Å². The molecule has 0 radical (unpaired) electrons. The van der Waals surface area contributed by atoms with Crippen LogP contribution in [-0.2, 0) is 0 Å². The lowest BCUT2D eigenvalue weighted by atomic mass is 10.1. The van der Waals surface area contributed by atoms with Crippen LogP contribution in [0.2, 0.25) is 5.02 Å². The summed E-state index contributed by atoms with van der Waals surface area (Å²) in [6.45, 7) is 2.83. The second kappa shape index (κ2) is 10.8. The molecule has 6 rings (SSSR count). The van der Waals surface area contributed by atoms with Crippen LogP contribution >= 0.6 is 22.9 Å². The third-order valence-corrected chi connectivity index (χ3v) is 7.44. The number of benzene rings is 3. The quantitative estimate of drug-likeness (QED) is 0.214. The molecule has 3 aromatic carbocycles. The Hall–Kier alpha value is -4.27. The van der Waals surface area contributed by atoms with Crippen molar-refractivity contribution in [2.24, 2.45) is 0 Å². The molecule has 0 unspecified atom stereocenters. The lowest BCUT2D eigenvalue weighted by Crippen LogP contribution is -2.23. The summed E-state index contributed by atoms with van der Waals surface area (Å²) < 4.78 is 9.54. The van der Waals surface area contributed by atoms with Gasteiger partial charge in [0.1, 0.15) is 11.4 Å². The molecule has 9 heteroatoms. The Balaban J connectivity index is 1.40. The van der Waals surface area contributed by atoms with E-state index in [1.807, 2.05) is 83.7 Å². The predicted molar refractivity (Wildman–Crippen MR) is 156 cm³/mol. The summed E-state index contributed by atoms with van der Waals surface area (Å²) in [7, 11) is 0.